The van der Waals surface area contributed by atoms with Gasteiger partial charge in [-0.2, -0.15) is 5.10 Å². The van der Waals surface area contributed by atoms with Crippen LogP contribution in [0.15, 0.2) is 12.4 Å². The van der Waals surface area contributed by atoms with Crippen molar-refractivity contribution in [2.75, 3.05) is 19.7 Å². The molecular weight excluding hydrogens is 204 g/mol. The molecule has 3 N–H and O–H groups in total. The highest BCUT2D eigenvalue weighted by Crippen LogP contribution is 2.14. The van der Waals surface area contributed by atoms with Crippen molar-refractivity contribution >= 4 is 0 Å². The lowest BCUT2D eigenvalue weighted by atomic mass is 10.1. The zero-order chi connectivity index (χ0) is 11.4. The predicted molar refractivity (Wildman–Crippen MR) is 62.0 cm³/mol. The molecule has 1 aliphatic heterocycles. The Bertz CT molecular complexity index is 320. The van der Waals surface area contributed by atoms with Crippen LogP contribution in [-0.2, 0) is 11.8 Å². The van der Waals surface area contributed by atoms with E-state index in [0.717, 1.165) is 25.1 Å². The van der Waals surface area contributed by atoms with Gasteiger partial charge in [0.1, 0.15) is 0 Å². The zero-order valence-corrected chi connectivity index (χ0v) is 9.72. The predicted octanol–water partition coefficient (Wildman–Crippen LogP) is 0.189. The fraction of sp³-hybridized carbons (Fsp3) is 0.727. The molecule has 2 heterocycles. The van der Waals surface area contributed by atoms with E-state index in [0.29, 0.717) is 12.6 Å². The molecule has 1 saturated heterocycles. The van der Waals surface area contributed by atoms with Gasteiger partial charge in [-0.15, -0.1) is 0 Å². The number of ether oxygens (including phenoxy) is 1. The Labute approximate surface area is 96.0 Å². The Morgan fingerprint density at radius 1 is 1.75 bits per heavy atom. The highest BCUT2D eigenvalue weighted by atomic mass is 16.5. The third kappa shape index (κ3) is 2.81. The van der Waals surface area contributed by atoms with E-state index in [1.807, 2.05) is 19.4 Å². The first-order valence-corrected chi connectivity index (χ1v) is 5.83. The van der Waals surface area contributed by atoms with Crippen LogP contribution in [-0.4, -0.2) is 35.6 Å². The van der Waals surface area contributed by atoms with Crippen molar-refractivity contribution < 1.29 is 4.74 Å². The molecule has 2 rings (SSSR count). The summed E-state index contributed by atoms with van der Waals surface area (Å²) < 4.78 is 7.36. The lowest BCUT2D eigenvalue weighted by molar-refractivity contribution is 0.107. The summed E-state index contributed by atoms with van der Waals surface area (Å²) in [6, 6.07) is 0.179. The van der Waals surface area contributed by atoms with Crippen molar-refractivity contribution in [3.63, 3.8) is 0 Å². The summed E-state index contributed by atoms with van der Waals surface area (Å²) in [5.74, 6) is 0. The molecule has 1 aromatic rings. The summed E-state index contributed by atoms with van der Waals surface area (Å²) in [4.78, 5) is 0. The third-order valence-electron chi connectivity index (χ3n) is 2.98. The molecule has 16 heavy (non-hydrogen) atoms. The maximum atomic E-state index is 5.76. The van der Waals surface area contributed by atoms with Crippen LogP contribution < -0.4 is 11.1 Å². The molecule has 2 atom stereocenters. The molecule has 0 saturated carbocycles. The number of nitrogens with two attached hydrogens (primary N) is 1. The molecule has 0 radical (unpaired) electrons. The van der Waals surface area contributed by atoms with Crippen LogP contribution in [0.5, 0.6) is 0 Å². The second kappa shape index (κ2) is 5.43. The molecule has 2 unspecified atom stereocenters. The number of aromatic nitrogens is 2. The number of rotatable bonds is 5. The van der Waals surface area contributed by atoms with Gasteiger partial charge in [-0.25, -0.2) is 0 Å². The van der Waals surface area contributed by atoms with Crippen LogP contribution >= 0.6 is 0 Å². The molecule has 1 aromatic heterocycles. The van der Waals surface area contributed by atoms with Gasteiger partial charge in [0.25, 0.3) is 0 Å². The molecule has 0 spiro atoms. The van der Waals surface area contributed by atoms with Gasteiger partial charge in [-0.3, -0.25) is 4.68 Å². The van der Waals surface area contributed by atoms with Crippen molar-refractivity contribution in [3.8, 4) is 0 Å². The average molecular weight is 224 g/mol. The molecule has 1 aliphatic rings. The van der Waals surface area contributed by atoms with Crippen LogP contribution in [0.3, 0.4) is 0 Å². The van der Waals surface area contributed by atoms with Crippen molar-refractivity contribution in [1.29, 1.82) is 0 Å². The van der Waals surface area contributed by atoms with E-state index in [1.165, 1.54) is 6.42 Å². The first kappa shape index (κ1) is 11.6. The van der Waals surface area contributed by atoms with Crippen LogP contribution in [0, 0.1) is 0 Å². The zero-order valence-electron chi connectivity index (χ0n) is 9.72. The Kier molecular flexibility index (Phi) is 3.93. The molecule has 1 fully saturated rings. The normalized spacial score (nSPS) is 22.5. The lowest BCUT2D eigenvalue weighted by Gasteiger charge is -2.18. The van der Waals surface area contributed by atoms with E-state index in [1.54, 1.807) is 4.68 Å². The number of hydrogen-bond acceptors (Lipinski definition) is 4. The van der Waals surface area contributed by atoms with Gasteiger partial charge in [0, 0.05) is 44.5 Å². The SMILES string of the molecule is Cn1cc(C(CN)NCC2CCCO2)cn1. The molecular formula is C11H20N4O. The maximum Gasteiger partial charge on any atom is 0.0700 e. The largest absolute Gasteiger partial charge is 0.377 e. The summed E-state index contributed by atoms with van der Waals surface area (Å²) in [6.07, 6.45) is 6.54. The van der Waals surface area contributed by atoms with Crippen molar-refractivity contribution in [3.05, 3.63) is 18.0 Å². The van der Waals surface area contributed by atoms with Gasteiger partial charge >= 0.3 is 0 Å². The summed E-state index contributed by atoms with van der Waals surface area (Å²) in [6.45, 7) is 2.35. The minimum Gasteiger partial charge on any atom is -0.377 e. The van der Waals surface area contributed by atoms with Gasteiger partial charge in [-0.05, 0) is 12.8 Å². The van der Waals surface area contributed by atoms with Crippen LogP contribution in [0.1, 0.15) is 24.4 Å². The second-order valence-electron chi connectivity index (χ2n) is 4.28. The maximum absolute atomic E-state index is 5.76. The summed E-state index contributed by atoms with van der Waals surface area (Å²) >= 11 is 0. The molecule has 0 aliphatic carbocycles. The van der Waals surface area contributed by atoms with E-state index in [9.17, 15) is 0 Å². The number of hydrogen-bond donors (Lipinski definition) is 2. The van der Waals surface area contributed by atoms with Crippen LogP contribution in [0.25, 0.3) is 0 Å². The van der Waals surface area contributed by atoms with Gasteiger partial charge in [-0.1, -0.05) is 0 Å². The lowest BCUT2D eigenvalue weighted by Crippen LogP contribution is -2.33. The Balaban J connectivity index is 1.85. The van der Waals surface area contributed by atoms with Crippen LogP contribution in [0.4, 0.5) is 0 Å². The molecule has 5 nitrogen and oxygen atoms in total. The first-order valence-electron chi connectivity index (χ1n) is 5.83. The smallest absolute Gasteiger partial charge is 0.0700 e. The fourth-order valence-electron chi connectivity index (χ4n) is 2.04. The van der Waals surface area contributed by atoms with Gasteiger partial charge in [0.15, 0.2) is 0 Å². The van der Waals surface area contributed by atoms with E-state index in [-0.39, 0.29) is 6.04 Å². The van der Waals surface area contributed by atoms with Gasteiger partial charge in [0.05, 0.1) is 12.3 Å². The van der Waals surface area contributed by atoms with Crippen molar-refractivity contribution in [2.24, 2.45) is 12.8 Å². The minimum atomic E-state index is 0.179. The minimum absolute atomic E-state index is 0.179. The van der Waals surface area contributed by atoms with Gasteiger partial charge in [0.2, 0.25) is 0 Å². The Morgan fingerprint density at radius 2 is 2.62 bits per heavy atom. The Hall–Kier alpha value is -0.910. The van der Waals surface area contributed by atoms with E-state index >= 15 is 0 Å². The fourth-order valence-corrected chi connectivity index (χ4v) is 2.04. The average Bonchev–Trinajstić information content (AvgIpc) is 2.91. The first-order chi connectivity index (χ1) is 7.79. The number of nitrogens with zero attached hydrogens (tertiary/aromatic N) is 2. The number of aryl methyl sites for hydroxylation is 1. The van der Waals surface area contributed by atoms with Crippen LogP contribution in [0.2, 0.25) is 0 Å². The molecule has 5 heteroatoms. The molecule has 0 amide bonds. The standard InChI is InChI=1S/C11H20N4O/c1-15-8-9(6-14-15)11(5-12)13-7-10-3-2-4-16-10/h6,8,10-11,13H,2-5,7,12H2,1H3. The third-order valence-corrected chi connectivity index (χ3v) is 2.98. The topological polar surface area (TPSA) is 65.1 Å². The van der Waals surface area contributed by atoms with E-state index in [2.05, 4.69) is 10.4 Å². The van der Waals surface area contributed by atoms with E-state index < -0.39 is 0 Å². The highest BCUT2D eigenvalue weighted by molar-refractivity contribution is 5.10. The summed E-state index contributed by atoms with van der Waals surface area (Å²) in [7, 11) is 1.91. The quantitative estimate of drug-likeness (QED) is 0.749. The molecule has 0 bridgehead atoms. The highest BCUT2D eigenvalue weighted by Gasteiger charge is 2.18. The van der Waals surface area contributed by atoms with Gasteiger partial charge < -0.3 is 15.8 Å². The number of nitrogens with one attached hydrogen (secondary N) is 1. The summed E-state index contributed by atoms with van der Waals surface area (Å²) in [5, 5.41) is 7.59. The molecule has 90 valence electrons. The monoisotopic (exact) mass is 224 g/mol. The van der Waals surface area contributed by atoms with Crippen molar-refractivity contribution in [2.45, 2.75) is 25.0 Å². The molecule has 0 aromatic carbocycles. The Morgan fingerprint density at radius 3 is 3.19 bits per heavy atom. The summed E-state index contributed by atoms with van der Waals surface area (Å²) in [5.41, 5.74) is 6.90. The second-order valence-corrected chi connectivity index (χ2v) is 4.28. The van der Waals surface area contributed by atoms with E-state index in [4.69, 9.17) is 10.5 Å². The van der Waals surface area contributed by atoms with Crippen molar-refractivity contribution in [1.82, 2.24) is 15.1 Å².